The molecule has 2 aliphatic carbocycles. The van der Waals surface area contributed by atoms with Gasteiger partial charge in [0.1, 0.15) is 23.0 Å². The van der Waals surface area contributed by atoms with Gasteiger partial charge in [0, 0.05) is 41.8 Å². The van der Waals surface area contributed by atoms with Gasteiger partial charge in [0.05, 0.1) is 56.4 Å². The Hall–Kier alpha value is -5.52. The van der Waals surface area contributed by atoms with Crippen molar-refractivity contribution in [1.82, 2.24) is 0 Å². The molecule has 10 rings (SSSR count). The lowest BCUT2D eigenvalue weighted by atomic mass is 9.70. The van der Waals surface area contributed by atoms with Crippen molar-refractivity contribution in [2.45, 2.75) is 169 Å². The third-order valence-corrected chi connectivity index (χ3v) is 23.4. The van der Waals surface area contributed by atoms with Gasteiger partial charge in [-0.25, -0.2) is 0 Å². The zero-order chi connectivity index (χ0) is 58.8. The van der Waals surface area contributed by atoms with Crippen molar-refractivity contribution in [1.29, 1.82) is 0 Å². The van der Waals surface area contributed by atoms with Crippen LogP contribution in [0, 0.1) is 23.7 Å². The lowest BCUT2D eigenvalue weighted by molar-refractivity contribution is 0.111. The average Bonchev–Trinajstić information content (AvgIpc) is 1.53. The Kier molecular flexibility index (Phi) is 20.8. The molecule has 4 aromatic carbocycles. The van der Waals surface area contributed by atoms with E-state index in [4.69, 9.17) is 18.9 Å². The van der Waals surface area contributed by atoms with Crippen LogP contribution < -0.4 is 18.9 Å². The van der Waals surface area contributed by atoms with Crippen molar-refractivity contribution in [3.8, 4) is 43.9 Å². The van der Waals surface area contributed by atoms with Crippen molar-refractivity contribution in [2.75, 3.05) is 26.4 Å². The molecule has 0 bridgehead atoms. The summed E-state index contributed by atoms with van der Waals surface area (Å²) in [5, 5.41) is 0. The van der Waals surface area contributed by atoms with Crippen LogP contribution in [-0.2, 0) is 10.8 Å². The Morgan fingerprint density at radius 1 is 0.381 bits per heavy atom. The number of benzene rings is 4. The second-order valence-corrected chi connectivity index (χ2v) is 28.0. The molecule has 2 aliphatic rings. The molecule has 444 valence electrons. The number of ether oxygens (including phenoxy) is 4. The second kappa shape index (κ2) is 28.3. The van der Waals surface area contributed by atoms with E-state index < -0.39 is 10.8 Å². The summed E-state index contributed by atoms with van der Waals surface area (Å²) in [7, 11) is 0. The molecule has 8 aromatic rings. The monoisotopic (exact) mass is 1200 g/mol. The number of hydrogen-bond donors (Lipinski definition) is 0. The number of carbonyl (C=O) groups excluding carboxylic acids is 2. The molecule has 0 aliphatic heterocycles. The minimum Gasteiger partial charge on any atom is -0.493 e. The number of unbranched alkanes of at least 4 members (excludes halogenated alkanes) is 4. The van der Waals surface area contributed by atoms with Gasteiger partial charge in [-0.2, -0.15) is 0 Å². The van der Waals surface area contributed by atoms with Gasteiger partial charge in [0.25, 0.3) is 0 Å². The molecule has 0 radical (unpaired) electrons. The molecule has 0 saturated heterocycles. The first-order valence-electron chi connectivity index (χ1n) is 31.9. The number of carbonyl (C=O) groups is 2. The first-order chi connectivity index (χ1) is 41.2. The summed E-state index contributed by atoms with van der Waals surface area (Å²) in [6.07, 6.45) is 20.6. The molecular weight excluding hydrogens is 1110 g/mol. The van der Waals surface area contributed by atoms with E-state index in [9.17, 15) is 9.59 Å². The van der Waals surface area contributed by atoms with Crippen LogP contribution in [0.1, 0.15) is 221 Å². The summed E-state index contributed by atoms with van der Waals surface area (Å²) >= 11 is 6.94. The zero-order valence-corrected chi connectivity index (χ0v) is 54.3. The molecular formula is C74H88O6S4. The third-order valence-electron chi connectivity index (χ3n) is 18.4. The largest absolute Gasteiger partial charge is 0.493 e. The highest BCUT2D eigenvalue weighted by Gasteiger charge is 2.55. The van der Waals surface area contributed by atoms with Crippen LogP contribution in [0.15, 0.2) is 109 Å². The first kappa shape index (κ1) is 61.6. The topological polar surface area (TPSA) is 71.1 Å². The van der Waals surface area contributed by atoms with Crippen LogP contribution in [0.3, 0.4) is 0 Å². The highest BCUT2D eigenvalue weighted by Crippen LogP contribution is 2.70. The second-order valence-electron chi connectivity index (χ2n) is 23.8. The van der Waals surface area contributed by atoms with E-state index in [0.29, 0.717) is 59.9 Å². The summed E-state index contributed by atoms with van der Waals surface area (Å²) < 4.78 is 28.9. The van der Waals surface area contributed by atoms with Gasteiger partial charge < -0.3 is 18.9 Å². The SMILES string of the molecule is CCCCC(CC)COc1ccc(C2(c3ccc(OCC(CC)CCCC)cc3)c3sc(C=O)cc3-c3sc4c5c(sc4c32)-c2cc(C=O)sc2C5(c2ccc(OCC(CC)CCCC)cc2)c2ccc(OCC(CC)CCCC)cc2)cc1. The van der Waals surface area contributed by atoms with E-state index in [1.165, 1.54) is 81.6 Å². The maximum atomic E-state index is 13.1. The molecule has 0 saturated carbocycles. The number of aldehydes is 2. The van der Waals surface area contributed by atoms with Gasteiger partial charge in [0.2, 0.25) is 0 Å². The Labute approximate surface area is 517 Å². The van der Waals surface area contributed by atoms with Gasteiger partial charge in [-0.3, -0.25) is 9.59 Å². The molecule has 4 atom stereocenters. The standard InChI is InChI=1S/C74H88O6S4/c1-9-17-21-49(13-5)45-77-57-33-25-53(26-34-57)73(54-27-35-58(36-28-54)78-46-50(14-6)22-18-10-2)65-67(63-41-61(43-75)81-71(63)73)83-70-66-68(84-69(65)70)64-42-62(44-76)82-72(64)74(66,55-29-37-59(38-30-55)79-47-51(15-7)23-19-11-3)56-31-39-60(40-32-56)80-48-52(16-8)24-20-12-4/h25-44,49-52H,9-24,45-48H2,1-8H3. The van der Waals surface area contributed by atoms with E-state index in [2.05, 4.69) is 165 Å². The summed E-state index contributed by atoms with van der Waals surface area (Å²) in [6.45, 7) is 20.9. The number of hydrogen-bond acceptors (Lipinski definition) is 10. The van der Waals surface area contributed by atoms with Gasteiger partial charge in [-0.1, -0.05) is 181 Å². The number of thiophene rings is 4. The molecule has 0 N–H and O–H groups in total. The molecule has 4 heterocycles. The van der Waals surface area contributed by atoms with Gasteiger partial charge in [0.15, 0.2) is 12.6 Å². The van der Waals surface area contributed by atoms with Gasteiger partial charge in [-0.05, 0) is 132 Å². The van der Waals surface area contributed by atoms with Gasteiger partial charge in [-0.15, -0.1) is 45.3 Å². The molecule has 84 heavy (non-hydrogen) atoms. The van der Waals surface area contributed by atoms with E-state index in [1.807, 2.05) is 22.7 Å². The van der Waals surface area contributed by atoms with Gasteiger partial charge >= 0.3 is 0 Å². The fraction of sp³-hybridized carbons (Fsp3) is 0.459. The molecule has 6 nitrogen and oxygen atoms in total. The Bertz CT molecular complexity index is 3060. The first-order valence-corrected chi connectivity index (χ1v) is 35.2. The molecule has 0 amide bonds. The summed E-state index contributed by atoms with van der Waals surface area (Å²) in [5.41, 5.74) is 7.62. The normalized spacial score (nSPS) is 17.3. The number of fused-ring (bicyclic) bond motifs is 9. The van der Waals surface area contributed by atoms with Crippen molar-refractivity contribution in [2.24, 2.45) is 23.7 Å². The Morgan fingerprint density at radius 2 is 0.643 bits per heavy atom. The third kappa shape index (κ3) is 12.0. The lowest BCUT2D eigenvalue weighted by Crippen LogP contribution is -2.28. The molecule has 10 heteroatoms. The highest BCUT2D eigenvalue weighted by molar-refractivity contribution is 7.32. The maximum absolute atomic E-state index is 13.1. The summed E-state index contributed by atoms with van der Waals surface area (Å²) in [6, 6.07) is 39.8. The average molecular weight is 1200 g/mol. The summed E-state index contributed by atoms with van der Waals surface area (Å²) in [5.74, 6) is 5.46. The molecule has 4 aromatic heterocycles. The van der Waals surface area contributed by atoms with Crippen molar-refractivity contribution >= 4 is 67.3 Å². The highest BCUT2D eigenvalue weighted by atomic mass is 32.1. The van der Waals surface area contributed by atoms with Crippen LogP contribution >= 0.6 is 45.3 Å². The predicted octanol–water partition coefficient (Wildman–Crippen LogP) is 21.8. The van der Waals surface area contributed by atoms with E-state index in [-0.39, 0.29) is 0 Å². The Balaban J connectivity index is 1.18. The van der Waals surface area contributed by atoms with Crippen LogP contribution in [0.25, 0.3) is 30.3 Å². The minimum absolute atomic E-state index is 0.502. The van der Waals surface area contributed by atoms with E-state index in [1.54, 1.807) is 22.7 Å². The van der Waals surface area contributed by atoms with Crippen LogP contribution in [0.5, 0.6) is 23.0 Å². The Morgan fingerprint density at radius 3 is 0.869 bits per heavy atom. The van der Waals surface area contributed by atoms with Crippen LogP contribution in [0.2, 0.25) is 0 Å². The molecule has 0 spiro atoms. The number of rotatable bonds is 34. The van der Waals surface area contributed by atoms with Crippen molar-refractivity contribution in [3.05, 3.63) is 162 Å². The minimum atomic E-state index is -0.794. The predicted molar refractivity (Wildman–Crippen MR) is 356 cm³/mol. The quantitative estimate of drug-likeness (QED) is 0.0374. The fourth-order valence-electron chi connectivity index (χ4n) is 13.1. The van der Waals surface area contributed by atoms with Crippen molar-refractivity contribution < 1.29 is 28.5 Å². The molecule has 0 fully saturated rings. The van der Waals surface area contributed by atoms with E-state index >= 15 is 0 Å². The maximum Gasteiger partial charge on any atom is 0.160 e. The van der Waals surface area contributed by atoms with Crippen LogP contribution in [-0.4, -0.2) is 39.0 Å². The molecule has 4 unspecified atom stereocenters. The lowest BCUT2D eigenvalue weighted by Gasteiger charge is -2.33. The summed E-state index contributed by atoms with van der Waals surface area (Å²) in [4.78, 5) is 32.3. The van der Waals surface area contributed by atoms with E-state index in [0.717, 1.165) is 130 Å². The zero-order valence-electron chi connectivity index (χ0n) is 51.1. The smallest absolute Gasteiger partial charge is 0.160 e. The fourth-order valence-corrected chi connectivity index (χ4v) is 18.9. The van der Waals surface area contributed by atoms with Crippen molar-refractivity contribution in [3.63, 3.8) is 0 Å². The van der Waals surface area contributed by atoms with Crippen LogP contribution in [0.4, 0.5) is 0 Å².